The van der Waals surface area contributed by atoms with Gasteiger partial charge in [-0.05, 0) is 26.2 Å². The number of aliphatic hydroxyl groups excluding tert-OH is 1. The van der Waals surface area contributed by atoms with E-state index in [9.17, 15) is 4.79 Å². The van der Waals surface area contributed by atoms with Crippen LogP contribution >= 0.6 is 11.3 Å². The van der Waals surface area contributed by atoms with Gasteiger partial charge in [0.2, 0.25) is 0 Å². The summed E-state index contributed by atoms with van der Waals surface area (Å²) in [6, 6.07) is 3.58. The Morgan fingerprint density at radius 1 is 1.43 bits per heavy atom. The maximum absolute atomic E-state index is 11.9. The monoisotopic (exact) mass is 310 g/mol. The van der Waals surface area contributed by atoms with Gasteiger partial charge in [-0.2, -0.15) is 0 Å². The number of likely N-dealkylation sites (N-methyl/N-ethyl adjacent to an activating group) is 1. The predicted molar refractivity (Wildman–Crippen MR) is 84.6 cm³/mol. The van der Waals surface area contributed by atoms with Gasteiger partial charge in [0.25, 0.3) is 5.91 Å². The largest absolute Gasteiger partial charge is 0.395 e. The molecule has 0 aromatic carbocycles. The zero-order chi connectivity index (χ0) is 15.5. The standard InChI is InChI=1S/C15H22N2O3S/c1-17(2)9-12-20-11-8-16-15(19)14-7-6-13(21-14)5-3-4-10-18/h6-7,18H,4,8-12H2,1-2H3,(H,16,19). The minimum atomic E-state index is -0.105. The highest BCUT2D eigenvalue weighted by molar-refractivity contribution is 7.14. The molecule has 0 unspecified atom stereocenters. The number of carbonyl (C=O) groups excluding carboxylic acids is 1. The van der Waals surface area contributed by atoms with Crippen LogP contribution in [0.15, 0.2) is 12.1 Å². The van der Waals surface area contributed by atoms with Crippen LogP contribution in [0.25, 0.3) is 0 Å². The SMILES string of the molecule is CN(C)CCOCCNC(=O)c1ccc(C#CCCO)s1. The van der Waals surface area contributed by atoms with Gasteiger partial charge >= 0.3 is 0 Å². The summed E-state index contributed by atoms with van der Waals surface area (Å²) in [5.74, 6) is 5.64. The van der Waals surface area contributed by atoms with Crippen molar-refractivity contribution in [2.45, 2.75) is 6.42 Å². The molecule has 1 aromatic heterocycles. The van der Waals surface area contributed by atoms with Crippen LogP contribution in [0.2, 0.25) is 0 Å². The van der Waals surface area contributed by atoms with E-state index in [0.29, 0.717) is 31.1 Å². The van der Waals surface area contributed by atoms with Gasteiger partial charge in [-0.1, -0.05) is 11.8 Å². The molecule has 5 nitrogen and oxygen atoms in total. The van der Waals surface area contributed by atoms with Gasteiger partial charge in [0.05, 0.1) is 29.6 Å². The molecule has 6 heteroatoms. The zero-order valence-electron chi connectivity index (χ0n) is 12.5. The molecule has 1 rings (SSSR count). The summed E-state index contributed by atoms with van der Waals surface area (Å²) in [6.45, 7) is 2.59. The molecule has 0 radical (unpaired) electrons. The number of aliphatic hydroxyl groups is 1. The van der Waals surface area contributed by atoms with E-state index in [1.54, 1.807) is 6.07 Å². The Bertz CT molecular complexity index is 489. The average molecular weight is 310 g/mol. The Morgan fingerprint density at radius 2 is 2.24 bits per heavy atom. The van der Waals surface area contributed by atoms with Crippen LogP contribution in [0, 0.1) is 11.8 Å². The van der Waals surface area contributed by atoms with E-state index in [0.717, 1.165) is 11.4 Å². The molecule has 2 N–H and O–H groups in total. The van der Waals surface area contributed by atoms with Crippen molar-refractivity contribution >= 4 is 17.2 Å². The number of ether oxygens (including phenoxy) is 1. The first-order valence-electron chi connectivity index (χ1n) is 6.83. The zero-order valence-corrected chi connectivity index (χ0v) is 13.3. The van der Waals surface area contributed by atoms with E-state index in [1.165, 1.54) is 11.3 Å². The van der Waals surface area contributed by atoms with Crippen LogP contribution in [0.3, 0.4) is 0 Å². The lowest BCUT2D eigenvalue weighted by Crippen LogP contribution is -2.27. The molecule has 0 fully saturated rings. The highest BCUT2D eigenvalue weighted by atomic mass is 32.1. The van der Waals surface area contributed by atoms with Crippen LogP contribution < -0.4 is 5.32 Å². The minimum Gasteiger partial charge on any atom is -0.395 e. The van der Waals surface area contributed by atoms with Gasteiger partial charge in [0.15, 0.2) is 0 Å². The van der Waals surface area contributed by atoms with Gasteiger partial charge in [0, 0.05) is 19.5 Å². The molecule has 0 spiro atoms. The van der Waals surface area contributed by atoms with Gasteiger partial charge in [0.1, 0.15) is 0 Å². The molecule has 116 valence electrons. The van der Waals surface area contributed by atoms with Crippen molar-refractivity contribution < 1.29 is 14.6 Å². The minimum absolute atomic E-state index is 0.0551. The van der Waals surface area contributed by atoms with Gasteiger partial charge < -0.3 is 20.1 Å². The quantitative estimate of drug-likeness (QED) is 0.550. The van der Waals surface area contributed by atoms with Crippen molar-refractivity contribution in [1.29, 1.82) is 0 Å². The van der Waals surface area contributed by atoms with Crippen LogP contribution in [-0.4, -0.2) is 62.9 Å². The lowest BCUT2D eigenvalue weighted by atomic mass is 10.4. The van der Waals surface area contributed by atoms with Crippen molar-refractivity contribution in [3.8, 4) is 11.8 Å². The molecule has 0 atom stereocenters. The van der Waals surface area contributed by atoms with E-state index in [4.69, 9.17) is 9.84 Å². The summed E-state index contributed by atoms with van der Waals surface area (Å²) in [7, 11) is 3.98. The maximum atomic E-state index is 11.9. The van der Waals surface area contributed by atoms with E-state index >= 15 is 0 Å². The third kappa shape index (κ3) is 7.83. The first kappa shape index (κ1) is 17.7. The summed E-state index contributed by atoms with van der Waals surface area (Å²) in [5.41, 5.74) is 0. The summed E-state index contributed by atoms with van der Waals surface area (Å²) in [5, 5.41) is 11.5. The fraction of sp³-hybridized carbons (Fsp3) is 0.533. The molecule has 0 aliphatic carbocycles. The highest BCUT2D eigenvalue weighted by Gasteiger charge is 2.07. The smallest absolute Gasteiger partial charge is 0.261 e. The number of hydrogen-bond donors (Lipinski definition) is 2. The Labute approximate surface area is 129 Å². The number of hydrogen-bond acceptors (Lipinski definition) is 5. The predicted octanol–water partition coefficient (Wildman–Crippen LogP) is 0.790. The number of amides is 1. The van der Waals surface area contributed by atoms with Crippen molar-refractivity contribution in [2.75, 3.05) is 47.0 Å². The Hall–Kier alpha value is -1.39. The molecule has 1 amide bonds. The molecule has 1 heterocycles. The summed E-state index contributed by atoms with van der Waals surface area (Å²) in [4.78, 5) is 15.4. The average Bonchev–Trinajstić information content (AvgIpc) is 2.91. The van der Waals surface area contributed by atoms with Crippen LogP contribution in [0.4, 0.5) is 0 Å². The van der Waals surface area contributed by atoms with Crippen molar-refractivity contribution in [2.24, 2.45) is 0 Å². The fourth-order valence-corrected chi connectivity index (χ4v) is 2.20. The van der Waals surface area contributed by atoms with E-state index in [1.807, 2.05) is 25.1 Å². The van der Waals surface area contributed by atoms with E-state index in [2.05, 4.69) is 17.2 Å². The Morgan fingerprint density at radius 3 is 2.95 bits per heavy atom. The van der Waals surface area contributed by atoms with E-state index < -0.39 is 0 Å². The second-order valence-corrected chi connectivity index (χ2v) is 5.69. The second-order valence-electron chi connectivity index (χ2n) is 4.61. The third-order valence-corrected chi connectivity index (χ3v) is 3.49. The van der Waals surface area contributed by atoms with Crippen molar-refractivity contribution in [1.82, 2.24) is 10.2 Å². The summed E-state index contributed by atoms with van der Waals surface area (Å²) >= 11 is 1.35. The number of rotatable bonds is 8. The third-order valence-electron chi connectivity index (χ3n) is 2.49. The molecule has 1 aromatic rings. The van der Waals surface area contributed by atoms with E-state index in [-0.39, 0.29) is 12.5 Å². The molecular weight excluding hydrogens is 288 g/mol. The normalized spacial score (nSPS) is 10.3. The van der Waals surface area contributed by atoms with Gasteiger partial charge in [-0.15, -0.1) is 11.3 Å². The first-order valence-corrected chi connectivity index (χ1v) is 7.65. The van der Waals surface area contributed by atoms with Crippen molar-refractivity contribution in [3.05, 3.63) is 21.9 Å². The molecule has 0 aliphatic rings. The number of nitrogens with one attached hydrogen (secondary N) is 1. The van der Waals surface area contributed by atoms with Crippen LogP contribution in [-0.2, 0) is 4.74 Å². The molecule has 0 saturated carbocycles. The maximum Gasteiger partial charge on any atom is 0.261 e. The Kier molecular flexibility index (Phi) is 8.71. The summed E-state index contributed by atoms with van der Waals surface area (Å²) < 4.78 is 5.40. The Balaban J connectivity index is 2.25. The molecule has 21 heavy (non-hydrogen) atoms. The van der Waals surface area contributed by atoms with Crippen molar-refractivity contribution in [3.63, 3.8) is 0 Å². The van der Waals surface area contributed by atoms with Crippen LogP contribution in [0.5, 0.6) is 0 Å². The van der Waals surface area contributed by atoms with Gasteiger partial charge in [-0.25, -0.2) is 0 Å². The molecule has 0 aliphatic heterocycles. The fourth-order valence-electron chi connectivity index (χ4n) is 1.41. The second kappa shape index (κ2) is 10.4. The lowest BCUT2D eigenvalue weighted by Gasteiger charge is -2.09. The highest BCUT2D eigenvalue weighted by Crippen LogP contribution is 2.15. The number of thiophene rings is 1. The lowest BCUT2D eigenvalue weighted by molar-refractivity contribution is 0.0904. The van der Waals surface area contributed by atoms with Gasteiger partial charge in [-0.3, -0.25) is 4.79 Å². The first-order chi connectivity index (χ1) is 10.1. The molecular formula is C15H22N2O3S. The number of carbonyl (C=O) groups is 1. The number of nitrogens with zero attached hydrogens (tertiary/aromatic N) is 1. The summed E-state index contributed by atoms with van der Waals surface area (Å²) in [6.07, 6.45) is 0.448. The van der Waals surface area contributed by atoms with Crippen LogP contribution in [0.1, 0.15) is 21.0 Å². The molecule has 0 bridgehead atoms. The molecule has 0 saturated heterocycles. The topological polar surface area (TPSA) is 61.8 Å².